The monoisotopic (exact) mass is 368 g/mol. The molecule has 0 aromatic heterocycles. The molecule has 0 bridgehead atoms. The maximum Gasteiger partial charge on any atom is 0.322 e. The van der Waals surface area contributed by atoms with Crippen LogP contribution in [-0.4, -0.2) is 30.3 Å². The highest BCUT2D eigenvalue weighted by Crippen LogP contribution is 2.43. The molecule has 138 valence electrons. The van der Waals surface area contributed by atoms with Crippen molar-refractivity contribution in [3.05, 3.63) is 63.7 Å². The number of ether oxygens (including phenoxy) is 3. The van der Waals surface area contributed by atoms with Gasteiger partial charge in [0.2, 0.25) is 18.4 Å². The van der Waals surface area contributed by atoms with Crippen molar-refractivity contribution >= 4 is 17.7 Å². The summed E-state index contributed by atoms with van der Waals surface area (Å²) in [6.45, 7) is 0.286. The summed E-state index contributed by atoms with van der Waals surface area (Å²) in [4.78, 5) is 22.9. The zero-order valence-corrected chi connectivity index (χ0v) is 14.2. The Hall–Kier alpha value is -3.55. The molecule has 0 saturated heterocycles. The summed E-state index contributed by atoms with van der Waals surface area (Å²) in [6, 6.07) is 10.8. The maximum atomic E-state index is 12.1. The van der Waals surface area contributed by atoms with E-state index in [0.29, 0.717) is 12.3 Å². The average molecular weight is 368 g/mol. The van der Waals surface area contributed by atoms with E-state index in [1.54, 1.807) is 6.07 Å². The zero-order chi connectivity index (χ0) is 18.8. The second-order valence-corrected chi connectivity index (χ2v) is 6.12. The number of carbonyl (C=O) groups excluding carboxylic acids is 1. The topological polar surface area (TPSA) is 99.9 Å². The summed E-state index contributed by atoms with van der Waals surface area (Å²) in [7, 11) is 0. The van der Waals surface area contributed by atoms with Crippen LogP contribution >= 0.6 is 0 Å². The number of nitro groups is 1. The molecule has 4 rings (SSSR count). The molecule has 8 nitrogen and oxygen atoms in total. The molecule has 2 aromatic rings. The Morgan fingerprint density at radius 2 is 2.07 bits per heavy atom. The van der Waals surface area contributed by atoms with E-state index in [2.05, 4.69) is 5.32 Å². The summed E-state index contributed by atoms with van der Waals surface area (Å²) in [6.07, 6.45) is 3.25. The van der Waals surface area contributed by atoms with Gasteiger partial charge >= 0.3 is 5.69 Å². The zero-order valence-electron chi connectivity index (χ0n) is 14.2. The highest BCUT2D eigenvalue weighted by Gasteiger charge is 2.28. The molecule has 27 heavy (non-hydrogen) atoms. The summed E-state index contributed by atoms with van der Waals surface area (Å²) < 4.78 is 16.1. The van der Waals surface area contributed by atoms with Crippen molar-refractivity contribution < 1.29 is 23.9 Å². The van der Waals surface area contributed by atoms with Crippen molar-refractivity contribution in [1.82, 2.24) is 5.32 Å². The van der Waals surface area contributed by atoms with Crippen molar-refractivity contribution in [3.8, 4) is 17.2 Å². The number of rotatable bonds is 5. The number of amides is 1. The van der Waals surface area contributed by atoms with E-state index >= 15 is 0 Å². The number of nitro benzene ring substituents is 1. The Bertz CT molecular complexity index is 915. The summed E-state index contributed by atoms with van der Waals surface area (Å²) >= 11 is 0. The average Bonchev–Trinajstić information content (AvgIpc) is 3.29. The third kappa shape index (κ3) is 3.41. The minimum atomic E-state index is -0.547. The molecule has 1 amide bonds. The number of fused-ring (bicyclic) bond motifs is 2. The first-order chi connectivity index (χ1) is 13.1. The van der Waals surface area contributed by atoms with Crippen LogP contribution in [0.4, 0.5) is 5.69 Å². The Labute approximate surface area is 154 Å². The number of nitrogens with zero attached hydrogens (tertiary/aromatic N) is 1. The number of nitrogens with one attached hydrogen (secondary N) is 1. The van der Waals surface area contributed by atoms with Gasteiger partial charge in [0.15, 0.2) is 5.75 Å². The minimum absolute atomic E-state index is 0.0619. The van der Waals surface area contributed by atoms with Gasteiger partial charge in [-0.2, -0.15) is 0 Å². The summed E-state index contributed by atoms with van der Waals surface area (Å²) in [5, 5.41) is 14.1. The normalized spacial score (nSPS) is 16.8. The molecule has 0 radical (unpaired) electrons. The lowest BCUT2D eigenvalue weighted by atomic mass is 10.1. The molecule has 0 fully saturated rings. The number of hydrogen-bond acceptors (Lipinski definition) is 6. The van der Waals surface area contributed by atoms with E-state index in [1.165, 1.54) is 18.2 Å². The van der Waals surface area contributed by atoms with E-state index in [4.69, 9.17) is 14.2 Å². The van der Waals surface area contributed by atoms with Crippen molar-refractivity contribution in [1.29, 1.82) is 0 Å². The smallest absolute Gasteiger partial charge is 0.322 e. The van der Waals surface area contributed by atoms with Gasteiger partial charge in [0, 0.05) is 12.5 Å². The van der Waals surface area contributed by atoms with E-state index in [1.807, 2.05) is 24.3 Å². The Kier molecular flexibility index (Phi) is 4.37. The van der Waals surface area contributed by atoms with E-state index in [0.717, 1.165) is 17.7 Å². The van der Waals surface area contributed by atoms with Crippen LogP contribution in [0.2, 0.25) is 0 Å². The van der Waals surface area contributed by atoms with Crippen LogP contribution in [0, 0.1) is 10.1 Å². The van der Waals surface area contributed by atoms with Gasteiger partial charge in [-0.3, -0.25) is 14.9 Å². The van der Waals surface area contributed by atoms with Crippen LogP contribution in [0.25, 0.3) is 6.08 Å². The van der Waals surface area contributed by atoms with Crippen LogP contribution in [0.3, 0.4) is 0 Å². The second-order valence-electron chi connectivity index (χ2n) is 6.12. The lowest BCUT2D eigenvalue weighted by Crippen LogP contribution is -2.33. The van der Waals surface area contributed by atoms with Gasteiger partial charge in [-0.1, -0.05) is 18.2 Å². The molecule has 2 heterocycles. The second kappa shape index (κ2) is 6.99. The van der Waals surface area contributed by atoms with Gasteiger partial charge in [-0.25, -0.2) is 0 Å². The molecule has 1 atom stereocenters. The Morgan fingerprint density at radius 1 is 1.22 bits per heavy atom. The SMILES string of the molecule is O=C(/C=C/c1ccc2c(c1[N+](=O)[O-])OCO2)NCC1Cc2ccccc2O1. The molecular weight excluding hydrogens is 352 g/mol. The van der Waals surface area contributed by atoms with E-state index < -0.39 is 4.92 Å². The first-order valence-electron chi connectivity index (χ1n) is 8.39. The maximum absolute atomic E-state index is 12.1. The van der Waals surface area contributed by atoms with Crippen LogP contribution < -0.4 is 19.5 Å². The van der Waals surface area contributed by atoms with E-state index in [-0.39, 0.29) is 35.8 Å². The van der Waals surface area contributed by atoms with Gasteiger partial charge in [0.05, 0.1) is 17.0 Å². The molecule has 2 aromatic carbocycles. The molecule has 8 heteroatoms. The third-order valence-corrected chi connectivity index (χ3v) is 4.36. The van der Waals surface area contributed by atoms with Crippen LogP contribution in [0.15, 0.2) is 42.5 Å². The molecular formula is C19H16N2O6. The third-order valence-electron chi connectivity index (χ3n) is 4.36. The lowest BCUT2D eigenvalue weighted by Gasteiger charge is -2.10. The van der Waals surface area contributed by atoms with Crippen LogP contribution in [0.1, 0.15) is 11.1 Å². The fourth-order valence-corrected chi connectivity index (χ4v) is 3.10. The predicted molar refractivity (Wildman–Crippen MR) is 95.8 cm³/mol. The van der Waals surface area contributed by atoms with Gasteiger partial charge in [0.25, 0.3) is 0 Å². The fourth-order valence-electron chi connectivity index (χ4n) is 3.10. The quantitative estimate of drug-likeness (QED) is 0.494. The molecule has 0 saturated carbocycles. The molecule has 2 aliphatic heterocycles. The van der Waals surface area contributed by atoms with Crippen molar-refractivity contribution in [2.75, 3.05) is 13.3 Å². The largest absolute Gasteiger partial charge is 0.488 e. The van der Waals surface area contributed by atoms with Crippen molar-refractivity contribution in [2.24, 2.45) is 0 Å². The number of para-hydroxylation sites is 1. The summed E-state index contributed by atoms with van der Waals surface area (Å²) in [5.74, 6) is 0.880. The first kappa shape index (κ1) is 16.9. The fraction of sp³-hybridized carbons (Fsp3) is 0.211. The molecule has 1 N–H and O–H groups in total. The number of hydrogen-bond donors (Lipinski definition) is 1. The predicted octanol–water partition coefficient (Wildman–Crippen LogP) is 2.46. The summed E-state index contributed by atoms with van der Waals surface area (Å²) in [5.41, 5.74) is 1.16. The highest BCUT2D eigenvalue weighted by atomic mass is 16.7. The molecule has 0 spiro atoms. The number of benzene rings is 2. The standard InChI is InChI=1S/C19H16N2O6/c22-17(20-10-14-9-13-3-1-2-4-15(13)27-14)8-6-12-5-7-16-19(26-11-25-16)18(12)21(23)24/h1-8,14H,9-11H2,(H,20,22)/b8-6+. The Morgan fingerprint density at radius 3 is 2.89 bits per heavy atom. The first-order valence-corrected chi connectivity index (χ1v) is 8.39. The van der Waals surface area contributed by atoms with Gasteiger partial charge in [-0.15, -0.1) is 0 Å². The Balaban J connectivity index is 1.39. The van der Waals surface area contributed by atoms with Gasteiger partial charge in [0.1, 0.15) is 11.9 Å². The molecule has 2 aliphatic rings. The number of carbonyl (C=O) groups is 1. The molecule has 1 unspecified atom stereocenters. The van der Waals surface area contributed by atoms with Gasteiger partial charge < -0.3 is 19.5 Å². The van der Waals surface area contributed by atoms with Crippen molar-refractivity contribution in [3.63, 3.8) is 0 Å². The van der Waals surface area contributed by atoms with Gasteiger partial charge in [-0.05, 0) is 29.8 Å². The highest BCUT2D eigenvalue weighted by molar-refractivity contribution is 5.92. The van der Waals surface area contributed by atoms with E-state index in [9.17, 15) is 14.9 Å². The van der Waals surface area contributed by atoms with Crippen molar-refractivity contribution in [2.45, 2.75) is 12.5 Å². The lowest BCUT2D eigenvalue weighted by molar-refractivity contribution is -0.385. The van der Waals surface area contributed by atoms with Crippen LogP contribution in [-0.2, 0) is 11.2 Å². The van der Waals surface area contributed by atoms with Crippen LogP contribution in [0.5, 0.6) is 17.2 Å². The molecule has 0 aliphatic carbocycles. The minimum Gasteiger partial charge on any atom is -0.488 e.